The Morgan fingerprint density at radius 1 is 1.08 bits per heavy atom. The van der Waals surface area contributed by atoms with Crippen LogP contribution in [-0.4, -0.2) is 28.8 Å². The Balaban J connectivity index is 1.44. The van der Waals surface area contributed by atoms with Gasteiger partial charge in [-0.15, -0.1) is 0 Å². The van der Waals surface area contributed by atoms with Crippen LogP contribution in [-0.2, 0) is 16.0 Å². The lowest BCUT2D eigenvalue weighted by atomic mass is 10.0. The summed E-state index contributed by atoms with van der Waals surface area (Å²) in [6.45, 7) is 12.1. The second-order valence-electron chi connectivity index (χ2n) is 9.68. The molecular formula is C29H34N2O5. The zero-order chi connectivity index (χ0) is 26.0. The summed E-state index contributed by atoms with van der Waals surface area (Å²) in [5.74, 6) is 0.873. The molecule has 0 saturated carbocycles. The number of ether oxygens (including phenoxy) is 1. The Labute approximate surface area is 211 Å². The van der Waals surface area contributed by atoms with Crippen molar-refractivity contribution in [1.82, 2.24) is 10.5 Å². The first kappa shape index (κ1) is 25.7. The van der Waals surface area contributed by atoms with E-state index in [9.17, 15) is 9.90 Å². The zero-order valence-corrected chi connectivity index (χ0v) is 21.7. The van der Waals surface area contributed by atoms with Gasteiger partial charge in [-0.3, -0.25) is 4.79 Å². The molecule has 2 aromatic heterocycles. The number of aryl methyl sites for hydroxylation is 4. The SMILES string of the molecule is Cc1ccc(C(CNC(=O)Cc2ccc3oc(C(O)c4c(C)noc4C)cc3c2)OC(C)C)c(C)c1. The molecule has 2 heterocycles. The fraction of sp³-hybridized carbons (Fsp3) is 0.379. The highest BCUT2D eigenvalue weighted by Gasteiger charge is 2.23. The third-order valence-corrected chi connectivity index (χ3v) is 6.29. The van der Waals surface area contributed by atoms with Crippen LogP contribution in [0.5, 0.6) is 0 Å². The van der Waals surface area contributed by atoms with Crippen LogP contribution < -0.4 is 5.32 Å². The van der Waals surface area contributed by atoms with E-state index in [4.69, 9.17) is 13.7 Å². The number of benzene rings is 2. The molecule has 2 atom stereocenters. The largest absolute Gasteiger partial charge is 0.458 e. The van der Waals surface area contributed by atoms with Crippen molar-refractivity contribution in [3.63, 3.8) is 0 Å². The molecule has 0 aliphatic heterocycles. The Morgan fingerprint density at radius 2 is 1.86 bits per heavy atom. The summed E-state index contributed by atoms with van der Waals surface area (Å²) in [5.41, 5.74) is 6.15. The maximum Gasteiger partial charge on any atom is 0.224 e. The third-order valence-electron chi connectivity index (χ3n) is 6.29. The molecule has 0 fully saturated rings. The first-order chi connectivity index (χ1) is 17.1. The van der Waals surface area contributed by atoms with E-state index in [0.717, 1.165) is 22.1 Å². The summed E-state index contributed by atoms with van der Waals surface area (Å²) in [5, 5.41) is 18.6. The van der Waals surface area contributed by atoms with E-state index >= 15 is 0 Å². The molecule has 2 unspecified atom stereocenters. The Bertz CT molecular complexity index is 1350. The van der Waals surface area contributed by atoms with Gasteiger partial charge >= 0.3 is 0 Å². The molecule has 1 amide bonds. The molecule has 7 nitrogen and oxygen atoms in total. The van der Waals surface area contributed by atoms with Gasteiger partial charge in [0.2, 0.25) is 5.91 Å². The maximum absolute atomic E-state index is 12.8. The lowest BCUT2D eigenvalue weighted by Gasteiger charge is -2.23. The predicted molar refractivity (Wildman–Crippen MR) is 138 cm³/mol. The summed E-state index contributed by atoms with van der Waals surface area (Å²) in [4.78, 5) is 12.8. The Hall–Kier alpha value is -3.42. The molecule has 0 spiro atoms. The minimum Gasteiger partial charge on any atom is -0.458 e. The number of fused-ring (bicyclic) bond motifs is 1. The molecule has 0 saturated heterocycles. The Morgan fingerprint density at radius 3 is 2.53 bits per heavy atom. The fourth-order valence-electron chi connectivity index (χ4n) is 4.58. The summed E-state index contributed by atoms with van der Waals surface area (Å²) in [7, 11) is 0. The van der Waals surface area contributed by atoms with E-state index in [2.05, 4.69) is 42.5 Å². The molecule has 190 valence electrons. The van der Waals surface area contributed by atoms with E-state index in [1.165, 1.54) is 5.56 Å². The smallest absolute Gasteiger partial charge is 0.224 e. The average Bonchev–Trinajstić information content (AvgIpc) is 3.38. The number of nitrogens with zero attached hydrogens (tertiary/aromatic N) is 1. The summed E-state index contributed by atoms with van der Waals surface area (Å²) in [6.07, 6.45) is -0.937. The van der Waals surface area contributed by atoms with E-state index in [1.54, 1.807) is 19.9 Å². The number of aliphatic hydroxyl groups excluding tert-OH is 1. The number of carbonyl (C=O) groups is 1. The van der Waals surface area contributed by atoms with Crippen molar-refractivity contribution < 1.29 is 23.6 Å². The van der Waals surface area contributed by atoms with Gasteiger partial charge in [-0.25, -0.2) is 0 Å². The quantitative estimate of drug-likeness (QED) is 0.319. The summed E-state index contributed by atoms with van der Waals surface area (Å²) in [6, 6.07) is 13.7. The second kappa shape index (κ2) is 10.7. The lowest BCUT2D eigenvalue weighted by Crippen LogP contribution is -2.31. The highest BCUT2D eigenvalue weighted by atomic mass is 16.5. The van der Waals surface area contributed by atoms with E-state index in [-0.39, 0.29) is 24.5 Å². The van der Waals surface area contributed by atoms with Crippen molar-refractivity contribution in [1.29, 1.82) is 0 Å². The second-order valence-corrected chi connectivity index (χ2v) is 9.68. The van der Waals surface area contributed by atoms with Crippen molar-refractivity contribution in [3.05, 3.63) is 87.5 Å². The molecule has 2 aromatic carbocycles. The number of aliphatic hydroxyl groups is 1. The van der Waals surface area contributed by atoms with Crippen molar-refractivity contribution >= 4 is 16.9 Å². The van der Waals surface area contributed by atoms with Gasteiger partial charge in [-0.1, -0.05) is 35.0 Å². The van der Waals surface area contributed by atoms with Crippen LogP contribution in [0.1, 0.15) is 71.1 Å². The van der Waals surface area contributed by atoms with Crippen molar-refractivity contribution in [3.8, 4) is 0 Å². The lowest BCUT2D eigenvalue weighted by molar-refractivity contribution is -0.121. The number of aromatic nitrogens is 1. The van der Waals surface area contributed by atoms with Crippen LogP contribution in [0, 0.1) is 27.7 Å². The number of nitrogens with one attached hydrogen (secondary N) is 1. The minimum atomic E-state index is -0.974. The number of carbonyl (C=O) groups excluding carboxylic acids is 1. The molecule has 0 aliphatic rings. The molecule has 2 N–H and O–H groups in total. The number of amides is 1. The molecule has 0 aliphatic carbocycles. The van der Waals surface area contributed by atoms with E-state index in [1.807, 2.05) is 32.0 Å². The van der Waals surface area contributed by atoms with E-state index in [0.29, 0.717) is 34.9 Å². The van der Waals surface area contributed by atoms with Crippen LogP contribution in [0.3, 0.4) is 0 Å². The fourth-order valence-corrected chi connectivity index (χ4v) is 4.58. The normalized spacial score (nSPS) is 13.3. The number of hydrogen-bond donors (Lipinski definition) is 2. The van der Waals surface area contributed by atoms with Gasteiger partial charge < -0.3 is 24.1 Å². The molecule has 0 bridgehead atoms. The zero-order valence-electron chi connectivity index (χ0n) is 21.7. The monoisotopic (exact) mass is 490 g/mol. The van der Waals surface area contributed by atoms with Gasteiger partial charge in [0.25, 0.3) is 0 Å². The number of rotatable bonds is 9. The molecule has 4 rings (SSSR count). The van der Waals surface area contributed by atoms with Gasteiger partial charge in [-0.2, -0.15) is 0 Å². The average molecular weight is 491 g/mol. The maximum atomic E-state index is 12.8. The minimum absolute atomic E-state index is 0.0334. The molecule has 36 heavy (non-hydrogen) atoms. The van der Waals surface area contributed by atoms with Crippen LogP contribution >= 0.6 is 0 Å². The highest BCUT2D eigenvalue weighted by Crippen LogP contribution is 2.32. The first-order valence-electron chi connectivity index (χ1n) is 12.2. The third kappa shape index (κ3) is 5.69. The van der Waals surface area contributed by atoms with Gasteiger partial charge in [0.05, 0.1) is 23.8 Å². The van der Waals surface area contributed by atoms with Gasteiger partial charge in [0, 0.05) is 11.9 Å². The standard InChI is InChI=1S/C29H34N2O5/c1-16(2)34-26(23-9-7-17(3)11-18(23)4)15-30-27(32)13-21-8-10-24-22(12-21)14-25(35-24)29(33)28-19(5)31-36-20(28)6/h7-12,14,16,26,29,33H,13,15H2,1-6H3,(H,30,32). The van der Waals surface area contributed by atoms with Gasteiger partial charge in [-0.05, 0) is 76.4 Å². The molecule has 0 radical (unpaired) electrons. The van der Waals surface area contributed by atoms with Crippen LogP contribution in [0.4, 0.5) is 0 Å². The van der Waals surface area contributed by atoms with Gasteiger partial charge in [0.1, 0.15) is 29.3 Å². The van der Waals surface area contributed by atoms with Crippen molar-refractivity contribution in [2.75, 3.05) is 6.54 Å². The highest BCUT2D eigenvalue weighted by molar-refractivity contribution is 5.83. The topological polar surface area (TPSA) is 97.7 Å². The van der Waals surface area contributed by atoms with Gasteiger partial charge in [0.15, 0.2) is 0 Å². The molecule has 4 aromatic rings. The van der Waals surface area contributed by atoms with Crippen LogP contribution in [0.25, 0.3) is 11.0 Å². The van der Waals surface area contributed by atoms with Crippen molar-refractivity contribution in [2.24, 2.45) is 0 Å². The van der Waals surface area contributed by atoms with E-state index < -0.39 is 6.10 Å². The van der Waals surface area contributed by atoms with Crippen LogP contribution in [0.2, 0.25) is 0 Å². The molecular weight excluding hydrogens is 456 g/mol. The van der Waals surface area contributed by atoms with Crippen LogP contribution in [0.15, 0.2) is 51.4 Å². The number of hydrogen-bond acceptors (Lipinski definition) is 6. The Kier molecular flexibility index (Phi) is 7.62. The molecule has 7 heteroatoms. The number of furan rings is 1. The summed E-state index contributed by atoms with van der Waals surface area (Å²) >= 11 is 0. The van der Waals surface area contributed by atoms with Crippen molar-refractivity contribution in [2.45, 2.75) is 66.3 Å². The predicted octanol–water partition coefficient (Wildman–Crippen LogP) is 5.56. The summed E-state index contributed by atoms with van der Waals surface area (Å²) < 4.78 is 17.2. The first-order valence-corrected chi connectivity index (χ1v) is 12.2.